The number of aromatic nitrogens is 2. The number of aliphatic hydroxyl groups is 1. The van der Waals surface area contributed by atoms with Crippen molar-refractivity contribution in [1.29, 1.82) is 0 Å². The molecule has 0 aromatic carbocycles. The molecule has 1 heterocycles. The second-order valence-corrected chi connectivity index (χ2v) is 4.69. The third-order valence-electron chi connectivity index (χ3n) is 2.17. The molecule has 0 aliphatic rings. The number of carbonyl (C=O) groups excluding carboxylic acids is 1. The highest BCUT2D eigenvalue weighted by Crippen LogP contribution is 2.14. The van der Waals surface area contributed by atoms with Gasteiger partial charge in [-0.25, -0.2) is 0 Å². The van der Waals surface area contributed by atoms with Gasteiger partial charge in [0.15, 0.2) is 0 Å². The minimum Gasteiger partial charge on any atom is -0.408 e. The molecule has 7 heteroatoms. The maximum absolute atomic E-state index is 11.6. The van der Waals surface area contributed by atoms with Crippen LogP contribution in [0.15, 0.2) is 4.42 Å². The number of nitrogens with one attached hydrogen (secondary N) is 1. The summed E-state index contributed by atoms with van der Waals surface area (Å²) in [4.78, 5) is 13.3. The van der Waals surface area contributed by atoms with Crippen molar-refractivity contribution < 1.29 is 14.3 Å². The molecule has 1 atom stereocenters. The fourth-order valence-electron chi connectivity index (χ4n) is 1.44. The van der Waals surface area contributed by atoms with Crippen LogP contribution >= 0.6 is 0 Å². The highest BCUT2D eigenvalue weighted by atomic mass is 16.4. The van der Waals surface area contributed by atoms with Gasteiger partial charge in [0.2, 0.25) is 11.8 Å². The Morgan fingerprint density at radius 1 is 1.44 bits per heavy atom. The van der Waals surface area contributed by atoms with Crippen molar-refractivity contribution >= 4 is 11.9 Å². The lowest BCUT2D eigenvalue weighted by atomic mass is 10.2. The summed E-state index contributed by atoms with van der Waals surface area (Å²) in [5, 5.41) is 19.2. The van der Waals surface area contributed by atoms with Crippen LogP contribution in [0.25, 0.3) is 0 Å². The monoisotopic (exact) mass is 256 g/mol. The lowest BCUT2D eigenvalue weighted by Crippen LogP contribution is -2.34. The first kappa shape index (κ1) is 14.6. The molecule has 18 heavy (non-hydrogen) atoms. The molecule has 2 N–H and O–H groups in total. The largest absolute Gasteiger partial charge is 0.408 e. The molecule has 0 fully saturated rings. The number of hydrogen-bond donors (Lipinski definition) is 2. The van der Waals surface area contributed by atoms with Crippen molar-refractivity contribution in [2.24, 2.45) is 0 Å². The van der Waals surface area contributed by atoms with E-state index >= 15 is 0 Å². The maximum Gasteiger partial charge on any atom is 0.322 e. The van der Waals surface area contributed by atoms with Crippen molar-refractivity contribution in [2.75, 3.05) is 25.5 Å². The van der Waals surface area contributed by atoms with E-state index in [1.165, 1.54) is 0 Å². The smallest absolute Gasteiger partial charge is 0.322 e. The quantitative estimate of drug-likeness (QED) is 0.767. The number of carbonyl (C=O) groups is 1. The molecule has 1 unspecified atom stereocenters. The zero-order chi connectivity index (χ0) is 13.7. The Morgan fingerprint density at radius 3 is 2.61 bits per heavy atom. The van der Waals surface area contributed by atoms with E-state index in [4.69, 9.17) is 4.42 Å². The number of aliphatic hydroxyl groups excluding tert-OH is 1. The summed E-state index contributed by atoms with van der Waals surface area (Å²) in [6.07, 6.45) is -0.473. The first-order chi connectivity index (χ1) is 8.38. The number of hydrogen-bond acceptors (Lipinski definition) is 6. The van der Waals surface area contributed by atoms with Crippen LogP contribution in [0.3, 0.4) is 0 Å². The Kier molecular flexibility index (Phi) is 5.24. The minimum absolute atomic E-state index is 0.106. The van der Waals surface area contributed by atoms with Gasteiger partial charge >= 0.3 is 6.01 Å². The molecule has 1 rings (SSSR count). The molecule has 1 amide bonds. The van der Waals surface area contributed by atoms with E-state index in [2.05, 4.69) is 15.5 Å². The van der Waals surface area contributed by atoms with Crippen molar-refractivity contribution in [3.05, 3.63) is 5.89 Å². The summed E-state index contributed by atoms with van der Waals surface area (Å²) in [6, 6.07) is 0.106. The zero-order valence-corrected chi connectivity index (χ0v) is 11.2. The second-order valence-electron chi connectivity index (χ2n) is 4.69. The van der Waals surface area contributed by atoms with E-state index in [9.17, 15) is 9.90 Å². The van der Waals surface area contributed by atoms with Crippen LogP contribution in [0.1, 0.15) is 32.6 Å². The van der Waals surface area contributed by atoms with Crippen LogP contribution in [0, 0.1) is 0 Å². The van der Waals surface area contributed by atoms with E-state index in [0.717, 1.165) is 0 Å². The van der Waals surface area contributed by atoms with E-state index in [1.54, 1.807) is 18.9 Å². The lowest BCUT2D eigenvalue weighted by molar-refractivity contribution is -0.117. The van der Waals surface area contributed by atoms with E-state index in [1.807, 2.05) is 13.8 Å². The minimum atomic E-state index is -0.473. The van der Waals surface area contributed by atoms with Crippen molar-refractivity contribution in [2.45, 2.75) is 32.8 Å². The number of rotatable bonds is 6. The van der Waals surface area contributed by atoms with Gasteiger partial charge in [-0.2, -0.15) is 0 Å². The van der Waals surface area contributed by atoms with Gasteiger partial charge in [0.05, 0.1) is 12.6 Å². The van der Waals surface area contributed by atoms with E-state index < -0.39 is 6.10 Å². The standard InChI is InChI=1S/C11H20N4O3/c1-7(2)10-13-14-11(18-10)12-9(17)6-15(4)5-8(3)16/h7-8,16H,5-6H2,1-4H3,(H,12,14,17). The highest BCUT2D eigenvalue weighted by molar-refractivity contribution is 5.90. The van der Waals surface area contributed by atoms with Crippen LogP contribution in [0.2, 0.25) is 0 Å². The van der Waals surface area contributed by atoms with Gasteiger partial charge in [0.25, 0.3) is 0 Å². The maximum atomic E-state index is 11.6. The normalized spacial score (nSPS) is 13.1. The Hall–Kier alpha value is -1.47. The molecule has 0 saturated carbocycles. The van der Waals surface area contributed by atoms with Crippen molar-refractivity contribution in [3.63, 3.8) is 0 Å². The lowest BCUT2D eigenvalue weighted by Gasteiger charge is -2.16. The van der Waals surface area contributed by atoms with Gasteiger partial charge in [0, 0.05) is 12.5 Å². The van der Waals surface area contributed by atoms with E-state index in [-0.39, 0.29) is 24.4 Å². The second kappa shape index (κ2) is 6.46. The number of nitrogens with zero attached hydrogens (tertiary/aromatic N) is 3. The van der Waals surface area contributed by atoms with E-state index in [0.29, 0.717) is 12.4 Å². The molecule has 102 valence electrons. The SMILES string of the molecule is CC(O)CN(C)CC(=O)Nc1nnc(C(C)C)o1. The molecule has 1 aromatic heterocycles. The molecule has 0 aliphatic heterocycles. The molecular weight excluding hydrogens is 236 g/mol. The van der Waals surface area contributed by atoms with Crippen LogP contribution < -0.4 is 5.32 Å². The van der Waals surface area contributed by atoms with Gasteiger partial charge in [0.1, 0.15) is 0 Å². The van der Waals surface area contributed by atoms with Crippen LogP contribution in [-0.2, 0) is 4.79 Å². The molecule has 0 spiro atoms. The summed E-state index contributed by atoms with van der Waals surface area (Å²) in [6.45, 7) is 6.10. The van der Waals surface area contributed by atoms with Gasteiger partial charge in [-0.15, -0.1) is 5.10 Å². The summed E-state index contributed by atoms with van der Waals surface area (Å²) < 4.78 is 5.26. The molecule has 0 saturated heterocycles. The number of anilines is 1. The average Bonchev–Trinajstić information content (AvgIpc) is 2.63. The third-order valence-corrected chi connectivity index (χ3v) is 2.17. The van der Waals surface area contributed by atoms with Crippen LogP contribution in [0.5, 0.6) is 0 Å². The number of amides is 1. The zero-order valence-electron chi connectivity index (χ0n) is 11.2. The van der Waals surface area contributed by atoms with Gasteiger partial charge in [-0.1, -0.05) is 18.9 Å². The van der Waals surface area contributed by atoms with Crippen molar-refractivity contribution in [1.82, 2.24) is 15.1 Å². The third kappa shape index (κ3) is 4.80. The topological polar surface area (TPSA) is 91.5 Å². The number of likely N-dealkylation sites (N-methyl/N-ethyl adjacent to an activating group) is 1. The molecule has 0 aliphatic carbocycles. The van der Waals surface area contributed by atoms with Gasteiger partial charge in [-0.3, -0.25) is 15.0 Å². The fourth-order valence-corrected chi connectivity index (χ4v) is 1.44. The van der Waals surface area contributed by atoms with Crippen LogP contribution in [-0.4, -0.2) is 52.4 Å². The van der Waals surface area contributed by atoms with Crippen LogP contribution in [0.4, 0.5) is 6.01 Å². The Bertz CT molecular complexity index is 389. The predicted molar refractivity (Wildman–Crippen MR) is 66.2 cm³/mol. The summed E-state index contributed by atoms with van der Waals surface area (Å²) in [7, 11) is 1.75. The van der Waals surface area contributed by atoms with Crippen molar-refractivity contribution in [3.8, 4) is 0 Å². The van der Waals surface area contributed by atoms with Gasteiger partial charge < -0.3 is 9.52 Å². The average molecular weight is 256 g/mol. The van der Waals surface area contributed by atoms with Gasteiger partial charge in [-0.05, 0) is 14.0 Å². The predicted octanol–water partition coefficient (Wildman–Crippen LogP) is 0.444. The Morgan fingerprint density at radius 2 is 2.11 bits per heavy atom. The molecule has 1 aromatic rings. The first-order valence-electron chi connectivity index (χ1n) is 5.88. The molecule has 7 nitrogen and oxygen atoms in total. The Balaban J connectivity index is 2.44. The molecular formula is C11H20N4O3. The highest BCUT2D eigenvalue weighted by Gasteiger charge is 2.13. The molecule has 0 radical (unpaired) electrons. The summed E-state index contributed by atoms with van der Waals surface area (Å²) >= 11 is 0. The summed E-state index contributed by atoms with van der Waals surface area (Å²) in [5.74, 6) is 0.362. The molecule has 0 bridgehead atoms. The Labute approximate surface area is 106 Å². The summed E-state index contributed by atoms with van der Waals surface area (Å²) in [5.41, 5.74) is 0. The fraction of sp³-hybridized carbons (Fsp3) is 0.727. The first-order valence-corrected chi connectivity index (χ1v) is 5.88.